The van der Waals surface area contributed by atoms with Gasteiger partial charge in [0.2, 0.25) is 0 Å². The van der Waals surface area contributed by atoms with Gasteiger partial charge in [0.25, 0.3) is 0 Å². The number of hydrogen-bond donors (Lipinski definition) is 2. The number of nitrogens with one attached hydrogen (secondary N) is 2. The molecule has 0 aromatic carbocycles. The second-order valence-electron chi connectivity index (χ2n) is 5.80. The third-order valence-corrected chi connectivity index (χ3v) is 3.37. The van der Waals surface area contributed by atoms with E-state index in [0.717, 1.165) is 6.04 Å². The van der Waals surface area contributed by atoms with Crippen molar-refractivity contribution < 1.29 is 0 Å². The van der Waals surface area contributed by atoms with Gasteiger partial charge in [0.1, 0.15) is 0 Å². The molecule has 2 aliphatic heterocycles. The highest BCUT2D eigenvalue weighted by Gasteiger charge is 2.19. The fourth-order valence-electron chi connectivity index (χ4n) is 2.23. The van der Waals surface area contributed by atoms with Crippen LogP contribution in [0.5, 0.6) is 0 Å². The normalized spacial score (nSPS) is 30.2. The molecule has 0 amide bonds. The van der Waals surface area contributed by atoms with E-state index < -0.39 is 0 Å². The van der Waals surface area contributed by atoms with E-state index in [2.05, 4.69) is 31.4 Å². The lowest BCUT2D eigenvalue weighted by molar-refractivity contribution is 0.265. The summed E-state index contributed by atoms with van der Waals surface area (Å²) >= 11 is 0. The highest BCUT2D eigenvalue weighted by Crippen LogP contribution is 2.23. The maximum Gasteiger partial charge on any atom is 0.00387 e. The first kappa shape index (κ1) is 13.0. The Kier molecular flexibility index (Phi) is 5.62. The molecule has 2 aliphatic rings. The van der Waals surface area contributed by atoms with Crippen molar-refractivity contribution in [1.29, 1.82) is 0 Å². The predicted molar refractivity (Wildman–Crippen MR) is 67.2 cm³/mol. The van der Waals surface area contributed by atoms with Crippen LogP contribution in [0.25, 0.3) is 0 Å². The molecule has 2 fully saturated rings. The third-order valence-electron chi connectivity index (χ3n) is 3.37. The molecule has 90 valence electrons. The third kappa shape index (κ3) is 6.16. The molecule has 0 radical (unpaired) electrons. The molecule has 0 aromatic rings. The van der Waals surface area contributed by atoms with Crippen LogP contribution in [0.3, 0.4) is 0 Å². The van der Waals surface area contributed by atoms with Crippen molar-refractivity contribution in [2.24, 2.45) is 5.41 Å². The quantitative estimate of drug-likeness (QED) is 0.645. The minimum atomic E-state index is 0.568. The van der Waals surface area contributed by atoms with Gasteiger partial charge in [-0.25, -0.2) is 0 Å². The lowest BCUT2D eigenvalue weighted by Gasteiger charge is -2.29. The van der Waals surface area contributed by atoms with Crippen molar-refractivity contribution in [2.75, 3.05) is 19.6 Å². The standard InChI is InChI=1S/C7H15N.C6H13N/c1-7(2)4-3-5-8-6-7;1-6-4-2-3-5-7-6/h8H,3-6H2,1-2H3;6-7H,2-5H2,1H3. The van der Waals surface area contributed by atoms with E-state index in [1.807, 2.05) is 0 Å². The monoisotopic (exact) mass is 212 g/mol. The van der Waals surface area contributed by atoms with Crippen molar-refractivity contribution in [3.8, 4) is 0 Å². The lowest BCUT2D eigenvalue weighted by Crippen LogP contribution is -2.35. The van der Waals surface area contributed by atoms with Gasteiger partial charge in [-0.05, 0) is 51.1 Å². The summed E-state index contributed by atoms with van der Waals surface area (Å²) in [5.41, 5.74) is 0.568. The molecule has 2 N–H and O–H groups in total. The Hall–Kier alpha value is -0.0800. The van der Waals surface area contributed by atoms with Gasteiger partial charge in [-0.1, -0.05) is 20.3 Å². The SMILES string of the molecule is CC1(C)CCCNC1.CC1CCCCN1. The lowest BCUT2D eigenvalue weighted by atomic mass is 9.85. The van der Waals surface area contributed by atoms with Crippen LogP contribution in [-0.4, -0.2) is 25.7 Å². The summed E-state index contributed by atoms with van der Waals surface area (Å²) in [6.07, 6.45) is 6.92. The molecule has 1 atom stereocenters. The Morgan fingerprint density at radius 1 is 1.07 bits per heavy atom. The van der Waals surface area contributed by atoms with Crippen LogP contribution in [0, 0.1) is 5.41 Å². The fraction of sp³-hybridized carbons (Fsp3) is 1.00. The van der Waals surface area contributed by atoms with E-state index in [-0.39, 0.29) is 0 Å². The maximum absolute atomic E-state index is 3.38. The van der Waals surface area contributed by atoms with Gasteiger partial charge < -0.3 is 10.6 Å². The van der Waals surface area contributed by atoms with Gasteiger partial charge in [-0.3, -0.25) is 0 Å². The van der Waals surface area contributed by atoms with E-state index >= 15 is 0 Å². The zero-order valence-corrected chi connectivity index (χ0v) is 10.7. The first-order valence-electron chi connectivity index (χ1n) is 6.54. The molecule has 0 saturated carbocycles. The molecule has 2 nitrogen and oxygen atoms in total. The highest BCUT2D eigenvalue weighted by atomic mass is 14.9. The Morgan fingerprint density at radius 2 is 1.87 bits per heavy atom. The summed E-state index contributed by atoms with van der Waals surface area (Å²) in [7, 11) is 0. The molecule has 0 bridgehead atoms. The largest absolute Gasteiger partial charge is 0.316 e. The van der Waals surface area contributed by atoms with E-state index in [0.29, 0.717) is 5.41 Å². The van der Waals surface area contributed by atoms with Gasteiger partial charge in [0, 0.05) is 12.6 Å². The summed E-state index contributed by atoms with van der Waals surface area (Å²) in [4.78, 5) is 0. The van der Waals surface area contributed by atoms with Crippen LogP contribution >= 0.6 is 0 Å². The van der Waals surface area contributed by atoms with E-state index in [4.69, 9.17) is 0 Å². The smallest absolute Gasteiger partial charge is 0.00387 e. The molecule has 0 aliphatic carbocycles. The second-order valence-corrected chi connectivity index (χ2v) is 5.80. The first-order chi connectivity index (χ1) is 7.10. The van der Waals surface area contributed by atoms with Crippen LogP contribution < -0.4 is 10.6 Å². The molecule has 0 aromatic heterocycles. The Labute approximate surface area is 95.2 Å². The summed E-state index contributed by atoms with van der Waals surface area (Å²) in [6, 6.07) is 0.786. The molecule has 2 heteroatoms. The minimum Gasteiger partial charge on any atom is -0.316 e. The summed E-state index contributed by atoms with van der Waals surface area (Å²) in [6.45, 7) is 10.6. The van der Waals surface area contributed by atoms with Crippen molar-refractivity contribution >= 4 is 0 Å². The van der Waals surface area contributed by atoms with Gasteiger partial charge in [0.15, 0.2) is 0 Å². The van der Waals surface area contributed by atoms with Gasteiger partial charge in [0.05, 0.1) is 0 Å². The van der Waals surface area contributed by atoms with E-state index in [1.165, 1.54) is 51.7 Å². The zero-order chi connectivity index (χ0) is 11.1. The van der Waals surface area contributed by atoms with Crippen molar-refractivity contribution in [2.45, 2.75) is 58.9 Å². The van der Waals surface area contributed by atoms with Crippen LogP contribution in [0.15, 0.2) is 0 Å². The fourth-order valence-corrected chi connectivity index (χ4v) is 2.23. The molecule has 0 spiro atoms. The molecular weight excluding hydrogens is 184 g/mol. The number of piperidine rings is 2. The van der Waals surface area contributed by atoms with Crippen molar-refractivity contribution in [3.05, 3.63) is 0 Å². The molecule has 1 unspecified atom stereocenters. The number of hydrogen-bond acceptors (Lipinski definition) is 2. The Balaban J connectivity index is 0.000000151. The highest BCUT2D eigenvalue weighted by molar-refractivity contribution is 4.75. The van der Waals surface area contributed by atoms with Gasteiger partial charge in [-0.2, -0.15) is 0 Å². The summed E-state index contributed by atoms with van der Waals surface area (Å²) < 4.78 is 0. The first-order valence-corrected chi connectivity index (χ1v) is 6.54. The van der Waals surface area contributed by atoms with E-state index in [1.54, 1.807) is 0 Å². The van der Waals surface area contributed by atoms with Crippen LogP contribution in [0.4, 0.5) is 0 Å². The predicted octanol–water partition coefficient (Wildman–Crippen LogP) is 2.54. The van der Waals surface area contributed by atoms with Crippen LogP contribution in [0.2, 0.25) is 0 Å². The Morgan fingerprint density at radius 3 is 2.13 bits per heavy atom. The average Bonchev–Trinajstić information content (AvgIpc) is 2.19. The van der Waals surface area contributed by atoms with E-state index in [9.17, 15) is 0 Å². The Bertz CT molecular complexity index is 152. The molecule has 15 heavy (non-hydrogen) atoms. The maximum atomic E-state index is 3.38. The van der Waals surface area contributed by atoms with Crippen molar-refractivity contribution in [3.63, 3.8) is 0 Å². The van der Waals surface area contributed by atoms with Crippen molar-refractivity contribution in [1.82, 2.24) is 10.6 Å². The molecular formula is C13H28N2. The minimum absolute atomic E-state index is 0.568. The topological polar surface area (TPSA) is 24.1 Å². The second kappa shape index (κ2) is 6.49. The molecule has 2 rings (SSSR count). The van der Waals surface area contributed by atoms with Gasteiger partial charge >= 0.3 is 0 Å². The zero-order valence-electron chi connectivity index (χ0n) is 10.7. The van der Waals surface area contributed by atoms with Crippen LogP contribution in [-0.2, 0) is 0 Å². The van der Waals surface area contributed by atoms with Crippen LogP contribution in [0.1, 0.15) is 52.9 Å². The average molecular weight is 212 g/mol. The summed E-state index contributed by atoms with van der Waals surface area (Å²) in [5, 5.41) is 6.76. The number of rotatable bonds is 0. The summed E-state index contributed by atoms with van der Waals surface area (Å²) in [5.74, 6) is 0. The van der Waals surface area contributed by atoms with Gasteiger partial charge in [-0.15, -0.1) is 0 Å². The molecule has 2 heterocycles. The molecule has 2 saturated heterocycles.